The lowest BCUT2D eigenvalue weighted by molar-refractivity contribution is 0.220. The van der Waals surface area contributed by atoms with Gasteiger partial charge in [0.25, 0.3) is 0 Å². The minimum absolute atomic E-state index is 0.593. The molecule has 0 aliphatic carbocycles. The summed E-state index contributed by atoms with van der Waals surface area (Å²) in [6.07, 6.45) is 2.93. The zero-order chi connectivity index (χ0) is 14.5. The van der Waals surface area contributed by atoms with Crippen LogP contribution in [0.3, 0.4) is 0 Å². The smallest absolute Gasteiger partial charge is 0.104 e. The average molecular weight is 398 g/mol. The summed E-state index contributed by atoms with van der Waals surface area (Å²) in [7, 11) is 0. The first-order valence-electron chi connectivity index (χ1n) is 6.83. The number of hydrogen-bond acceptors (Lipinski definition) is 1. The Hall–Kier alpha value is -0.640. The zero-order valence-electron chi connectivity index (χ0n) is 11.4. The first-order valence-corrected chi connectivity index (χ1v) is 8.41. The van der Waals surface area contributed by atoms with Crippen molar-refractivity contribution in [3.8, 4) is 0 Å². The third-order valence-corrected chi connectivity index (χ3v) is 4.23. The SMILES string of the molecule is CCCCc1ccc(C(O)c2cc(Br)cc(Br)c2)cc1. The minimum atomic E-state index is -0.593. The van der Waals surface area contributed by atoms with Gasteiger partial charge in [0.15, 0.2) is 0 Å². The molecule has 0 saturated carbocycles. The molecule has 106 valence electrons. The average Bonchev–Trinajstić information content (AvgIpc) is 2.44. The monoisotopic (exact) mass is 396 g/mol. The van der Waals surface area contributed by atoms with Crippen molar-refractivity contribution in [1.82, 2.24) is 0 Å². The molecule has 0 spiro atoms. The lowest BCUT2D eigenvalue weighted by Crippen LogP contribution is -2.00. The van der Waals surface area contributed by atoms with E-state index in [4.69, 9.17) is 0 Å². The van der Waals surface area contributed by atoms with Crippen LogP contribution in [0.4, 0.5) is 0 Å². The van der Waals surface area contributed by atoms with Gasteiger partial charge in [0.1, 0.15) is 6.10 Å². The molecule has 3 heteroatoms. The van der Waals surface area contributed by atoms with Gasteiger partial charge in [-0.2, -0.15) is 0 Å². The van der Waals surface area contributed by atoms with Crippen molar-refractivity contribution in [2.24, 2.45) is 0 Å². The number of unbranched alkanes of at least 4 members (excludes halogenated alkanes) is 1. The molecule has 0 aromatic heterocycles. The minimum Gasteiger partial charge on any atom is -0.384 e. The molecule has 0 fully saturated rings. The van der Waals surface area contributed by atoms with Gasteiger partial charge in [0.2, 0.25) is 0 Å². The van der Waals surface area contributed by atoms with E-state index in [-0.39, 0.29) is 0 Å². The summed E-state index contributed by atoms with van der Waals surface area (Å²) in [6, 6.07) is 14.1. The molecule has 0 aliphatic rings. The van der Waals surface area contributed by atoms with E-state index in [2.05, 4.69) is 50.9 Å². The van der Waals surface area contributed by atoms with Crippen LogP contribution < -0.4 is 0 Å². The van der Waals surface area contributed by atoms with Gasteiger partial charge in [-0.15, -0.1) is 0 Å². The number of aliphatic hydroxyl groups is 1. The van der Waals surface area contributed by atoms with E-state index in [1.54, 1.807) is 0 Å². The highest BCUT2D eigenvalue weighted by Crippen LogP contribution is 2.28. The summed E-state index contributed by atoms with van der Waals surface area (Å²) in [5.41, 5.74) is 3.14. The summed E-state index contributed by atoms with van der Waals surface area (Å²) >= 11 is 6.91. The number of aryl methyl sites for hydroxylation is 1. The van der Waals surface area contributed by atoms with Crippen molar-refractivity contribution in [2.45, 2.75) is 32.3 Å². The van der Waals surface area contributed by atoms with Crippen LogP contribution in [-0.2, 0) is 6.42 Å². The summed E-state index contributed by atoms with van der Waals surface area (Å²) in [4.78, 5) is 0. The topological polar surface area (TPSA) is 20.2 Å². The lowest BCUT2D eigenvalue weighted by atomic mass is 9.99. The maximum atomic E-state index is 10.5. The molecule has 1 nitrogen and oxygen atoms in total. The Balaban J connectivity index is 2.17. The van der Waals surface area contributed by atoms with E-state index in [1.807, 2.05) is 30.3 Å². The molecule has 0 saturated heterocycles. The second-order valence-electron chi connectivity index (χ2n) is 4.95. The van der Waals surface area contributed by atoms with Crippen LogP contribution in [0.1, 0.15) is 42.6 Å². The van der Waals surface area contributed by atoms with Gasteiger partial charge in [0, 0.05) is 8.95 Å². The van der Waals surface area contributed by atoms with Gasteiger partial charge in [0.05, 0.1) is 0 Å². The van der Waals surface area contributed by atoms with Crippen LogP contribution in [0.15, 0.2) is 51.4 Å². The molecule has 2 aromatic rings. The van der Waals surface area contributed by atoms with Crippen molar-refractivity contribution >= 4 is 31.9 Å². The van der Waals surface area contributed by atoms with Crippen LogP contribution >= 0.6 is 31.9 Å². The largest absolute Gasteiger partial charge is 0.384 e. The number of benzene rings is 2. The number of rotatable bonds is 5. The molecule has 1 unspecified atom stereocenters. The van der Waals surface area contributed by atoms with Crippen LogP contribution in [0.5, 0.6) is 0 Å². The van der Waals surface area contributed by atoms with E-state index >= 15 is 0 Å². The van der Waals surface area contributed by atoms with Crippen molar-refractivity contribution in [3.05, 3.63) is 68.1 Å². The fourth-order valence-corrected chi connectivity index (χ4v) is 3.50. The Kier molecular flexibility index (Phi) is 5.82. The molecule has 2 rings (SSSR count). The van der Waals surface area contributed by atoms with Gasteiger partial charge in [-0.1, -0.05) is 69.5 Å². The molecule has 20 heavy (non-hydrogen) atoms. The van der Waals surface area contributed by atoms with Crippen molar-refractivity contribution < 1.29 is 5.11 Å². The van der Waals surface area contributed by atoms with E-state index in [0.29, 0.717) is 0 Å². The highest BCUT2D eigenvalue weighted by atomic mass is 79.9. The molecular weight excluding hydrogens is 380 g/mol. The highest BCUT2D eigenvalue weighted by molar-refractivity contribution is 9.11. The second-order valence-corrected chi connectivity index (χ2v) is 6.78. The summed E-state index contributed by atoms with van der Waals surface area (Å²) in [6.45, 7) is 2.20. The van der Waals surface area contributed by atoms with E-state index < -0.39 is 6.10 Å². The maximum absolute atomic E-state index is 10.5. The Morgan fingerprint density at radius 3 is 2.10 bits per heavy atom. The Labute approximate surface area is 137 Å². The van der Waals surface area contributed by atoms with E-state index in [1.165, 1.54) is 18.4 Å². The summed E-state index contributed by atoms with van der Waals surface area (Å²) < 4.78 is 1.92. The first kappa shape index (κ1) is 15.7. The standard InChI is InChI=1S/C17H18Br2O/c1-2-3-4-12-5-7-13(8-6-12)17(20)14-9-15(18)11-16(19)10-14/h5-11,17,20H,2-4H2,1H3. The number of hydrogen-bond donors (Lipinski definition) is 1. The van der Waals surface area contributed by atoms with Crippen LogP contribution in [0.25, 0.3) is 0 Å². The normalized spacial score (nSPS) is 12.4. The molecule has 0 heterocycles. The predicted octanol–water partition coefficient (Wildman–Crippen LogP) is 5.64. The predicted molar refractivity (Wildman–Crippen MR) is 91.0 cm³/mol. The van der Waals surface area contributed by atoms with E-state index in [0.717, 1.165) is 26.5 Å². The lowest BCUT2D eigenvalue weighted by Gasteiger charge is -2.13. The fraction of sp³-hybridized carbons (Fsp3) is 0.294. The molecule has 0 amide bonds. The Bertz CT molecular complexity index is 543. The third kappa shape index (κ3) is 4.18. The summed E-state index contributed by atoms with van der Waals surface area (Å²) in [5, 5.41) is 10.5. The number of aliphatic hydroxyl groups excluding tert-OH is 1. The van der Waals surface area contributed by atoms with Crippen molar-refractivity contribution in [3.63, 3.8) is 0 Å². The van der Waals surface area contributed by atoms with Crippen molar-refractivity contribution in [1.29, 1.82) is 0 Å². The highest BCUT2D eigenvalue weighted by Gasteiger charge is 2.11. The molecule has 2 aromatic carbocycles. The zero-order valence-corrected chi connectivity index (χ0v) is 14.6. The molecule has 0 aliphatic heterocycles. The van der Waals surface area contributed by atoms with Gasteiger partial charge in [-0.25, -0.2) is 0 Å². The molecule has 1 N–H and O–H groups in total. The van der Waals surface area contributed by atoms with Gasteiger partial charge in [-0.3, -0.25) is 0 Å². The van der Waals surface area contributed by atoms with Gasteiger partial charge in [-0.05, 0) is 47.7 Å². The molecule has 0 bridgehead atoms. The molecular formula is C17H18Br2O. The third-order valence-electron chi connectivity index (χ3n) is 3.32. The molecule has 1 atom stereocenters. The van der Waals surface area contributed by atoms with Gasteiger partial charge < -0.3 is 5.11 Å². The first-order chi connectivity index (χ1) is 9.60. The quantitative estimate of drug-likeness (QED) is 0.692. The Morgan fingerprint density at radius 2 is 1.55 bits per heavy atom. The summed E-state index contributed by atoms with van der Waals surface area (Å²) in [5.74, 6) is 0. The van der Waals surface area contributed by atoms with Crippen molar-refractivity contribution in [2.75, 3.05) is 0 Å². The van der Waals surface area contributed by atoms with Crippen LogP contribution in [0, 0.1) is 0 Å². The molecule has 0 radical (unpaired) electrons. The van der Waals surface area contributed by atoms with Crippen LogP contribution in [-0.4, -0.2) is 5.11 Å². The Morgan fingerprint density at radius 1 is 0.950 bits per heavy atom. The second kappa shape index (κ2) is 7.39. The number of halogens is 2. The van der Waals surface area contributed by atoms with Crippen LogP contribution in [0.2, 0.25) is 0 Å². The van der Waals surface area contributed by atoms with Gasteiger partial charge >= 0.3 is 0 Å². The maximum Gasteiger partial charge on any atom is 0.104 e. The fourth-order valence-electron chi connectivity index (χ4n) is 2.17. The van der Waals surface area contributed by atoms with E-state index in [9.17, 15) is 5.11 Å².